The number of hydrogen-bond acceptors (Lipinski definition) is 2. The standard InChI is InChI=1S/C9H8ClNOS/c1-7(12)11-5-2-3-8-4-6-13-9(8)10/h4,6H,5H2,1H3,(H,11,12). The molecular formula is C9H8ClNOS. The van der Waals surface area contributed by atoms with Gasteiger partial charge in [0.25, 0.3) is 0 Å². The molecule has 13 heavy (non-hydrogen) atoms. The van der Waals surface area contributed by atoms with Crippen LogP contribution in [0, 0.1) is 11.8 Å². The predicted octanol–water partition coefficient (Wildman–Crippen LogP) is 1.89. The summed E-state index contributed by atoms with van der Waals surface area (Å²) >= 11 is 7.25. The molecule has 0 unspecified atom stereocenters. The van der Waals surface area contributed by atoms with E-state index in [1.807, 2.05) is 11.4 Å². The molecule has 1 N–H and O–H groups in total. The lowest BCUT2D eigenvalue weighted by atomic mass is 10.3. The van der Waals surface area contributed by atoms with E-state index in [-0.39, 0.29) is 5.91 Å². The third-order valence-electron chi connectivity index (χ3n) is 1.27. The van der Waals surface area contributed by atoms with Gasteiger partial charge in [0.1, 0.15) is 4.34 Å². The Hall–Kier alpha value is -0.980. The van der Waals surface area contributed by atoms with Gasteiger partial charge in [-0.2, -0.15) is 0 Å². The maximum Gasteiger partial charge on any atom is 0.217 e. The number of thiophene rings is 1. The van der Waals surface area contributed by atoms with Gasteiger partial charge in [-0.15, -0.1) is 11.3 Å². The quantitative estimate of drug-likeness (QED) is 0.710. The maximum absolute atomic E-state index is 10.5. The van der Waals surface area contributed by atoms with E-state index in [2.05, 4.69) is 17.2 Å². The second-order valence-corrected chi connectivity index (χ2v) is 3.84. The third-order valence-corrected chi connectivity index (χ3v) is 2.44. The van der Waals surface area contributed by atoms with Crippen LogP contribution in [0.1, 0.15) is 12.5 Å². The fourth-order valence-corrected chi connectivity index (χ4v) is 1.52. The minimum atomic E-state index is -0.0780. The maximum atomic E-state index is 10.5. The van der Waals surface area contributed by atoms with Gasteiger partial charge in [0.05, 0.1) is 12.1 Å². The minimum Gasteiger partial charge on any atom is -0.345 e. The highest BCUT2D eigenvalue weighted by Gasteiger charge is 1.95. The van der Waals surface area contributed by atoms with Crippen LogP contribution < -0.4 is 5.32 Å². The molecule has 0 bridgehead atoms. The van der Waals surface area contributed by atoms with Crippen molar-refractivity contribution < 1.29 is 4.79 Å². The Kier molecular flexibility index (Phi) is 3.81. The summed E-state index contributed by atoms with van der Waals surface area (Å²) in [7, 11) is 0. The van der Waals surface area contributed by atoms with Crippen LogP contribution in [0.4, 0.5) is 0 Å². The average molecular weight is 214 g/mol. The van der Waals surface area contributed by atoms with Crippen LogP contribution in [0.3, 0.4) is 0 Å². The lowest BCUT2D eigenvalue weighted by molar-refractivity contribution is -0.118. The van der Waals surface area contributed by atoms with Gasteiger partial charge in [-0.3, -0.25) is 4.79 Å². The van der Waals surface area contributed by atoms with Crippen molar-refractivity contribution in [3.8, 4) is 11.8 Å². The Morgan fingerprint density at radius 2 is 2.54 bits per heavy atom. The molecule has 2 nitrogen and oxygen atoms in total. The topological polar surface area (TPSA) is 29.1 Å². The van der Waals surface area contributed by atoms with Gasteiger partial charge in [0.2, 0.25) is 5.91 Å². The molecule has 1 heterocycles. The molecule has 1 amide bonds. The molecule has 0 saturated heterocycles. The van der Waals surface area contributed by atoms with E-state index in [0.29, 0.717) is 10.9 Å². The summed E-state index contributed by atoms with van der Waals surface area (Å²) in [6, 6.07) is 1.85. The molecule has 0 radical (unpaired) electrons. The van der Waals surface area contributed by atoms with Gasteiger partial charge in [-0.1, -0.05) is 23.4 Å². The van der Waals surface area contributed by atoms with Crippen molar-refractivity contribution in [2.75, 3.05) is 6.54 Å². The summed E-state index contributed by atoms with van der Waals surface area (Å²) in [6.45, 7) is 1.82. The van der Waals surface area contributed by atoms with Crippen LogP contribution in [-0.4, -0.2) is 12.5 Å². The van der Waals surface area contributed by atoms with Crippen LogP contribution >= 0.6 is 22.9 Å². The van der Waals surface area contributed by atoms with Crippen LogP contribution in [0.2, 0.25) is 4.34 Å². The summed E-state index contributed by atoms with van der Waals surface area (Å²) in [5.41, 5.74) is 0.817. The Labute approximate surface area is 85.9 Å². The first kappa shape index (κ1) is 10.1. The first-order valence-electron chi connectivity index (χ1n) is 3.66. The van der Waals surface area contributed by atoms with Crippen molar-refractivity contribution >= 4 is 28.8 Å². The number of amides is 1. The molecule has 0 atom stereocenters. The first-order valence-corrected chi connectivity index (χ1v) is 4.92. The molecule has 1 aromatic rings. The van der Waals surface area contributed by atoms with Crippen LogP contribution in [-0.2, 0) is 4.79 Å². The zero-order valence-electron chi connectivity index (χ0n) is 7.06. The van der Waals surface area contributed by atoms with Crippen molar-refractivity contribution in [2.24, 2.45) is 0 Å². The number of carbonyl (C=O) groups excluding carboxylic acids is 1. The Morgan fingerprint density at radius 1 is 1.77 bits per heavy atom. The predicted molar refractivity (Wildman–Crippen MR) is 54.9 cm³/mol. The van der Waals surface area contributed by atoms with Crippen molar-refractivity contribution in [1.82, 2.24) is 5.32 Å². The Bertz CT molecular complexity index is 361. The molecule has 0 aliphatic carbocycles. The summed E-state index contributed by atoms with van der Waals surface area (Å²) in [5, 5.41) is 4.45. The number of rotatable bonds is 1. The van der Waals surface area contributed by atoms with E-state index in [1.165, 1.54) is 18.3 Å². The zero-order chi connectivity index (χ0) is 9.68. The SMILES string of the molecule is CC(=O)NCC#Cc1ccsc1Cl. The summed E-state index contributed by atoms with van der Waals surface area (Å²) in [5.74, 6) is 5.58. The molecule has 68 valence electrons. The average Bonchev–Trinajstić information content (AvgIpc) is 2.45. The molecule has 0 fully saturated rings. The minimum absolute atomic E-state index is 0.0780. The lowest BCUT2D eigenvalue weighted by Gasteiger charge is -1.90. The monoisotopic (exact) mass is 213 g/mol. The Morgan fingerprint density at radius 3 is 3.08 bits per heavy atom. The molecule has 0 aliphatic rings. The number of hydrogen-bond donors (Lipinski definition) is 1. The highest BCUT2D eigenvalue weighted by atomic mass is 35.5. The molecule has 0 spiro atoms. The molecular weight excluding hydrogens is 206 g/mol. The molecule has 0 aliphatic heterocycles. The fraction of sp³-hybridized carbons (Fsp3) is 0.222. The normalized spacial score (nSPS) is 8.77. The number of nitrogens with one attached hydrogen (secondary N) is 1. The van der Waals surface area contributed by atoms with Gasteiger partial charge < -0.3 is 5.32 Å². The molecule has 4 heteroatoms. The second kappa shape index (κ2) is 4.90. The van der Waals surface area contributed by atoms with Crippen LogP contribution in [0.15, 0.2) is 11.4 Å². The molecule has 0 saturated carbocycles. The van der Waals surface area contributed by atoms with Gasteiger partial charge >= 0.3 is 0 Å². The van der Waals surface area contributed by atoms with Crippen molar-refractivity contribution in [2.45, 2.75) is 6.92 Å². The molecule has 1 rings (SSSR count). The van der Waals surface area contributed by atoms with E-state index in [9.17, 15) is 4.79 Å². The lowest BCUT2D eigenvalue weighted by Crippen LogP contribution is -2.19. The van der Waals surface area contributed by atoms with Crippen LogP contribution in [0.5, 0.6) is 0 Å². The van der Waals surface area contributed by atoms with Crippen molar-refractivity contribution in [1.29, 1.82) is 0 Å². The van der Waals surface area contributed by atoms with E-state index in [4.69, 9.17) is 11.6 Å². The van der Waals surface area contributed by atoms with E-state index >= 15 is 0 Å². The van der Waals surface area contributed by atoms with E-state index in [0.717, 1.165) is 5.56 Å². The number of halogens is 1. The molecule has 1 aromatic heterocycles. The van der Waals surface area contributed by atoms with Gasteiger partial charge in [0, 0.05) is 6.92 Å². The largest absolute Gasteiger partial charge is 0.345 e. The summed E-state index contributed by atoms with van der Waals surface area (Å²) in [6.07, 6.45) is 0. The fourth-order valence-electron chi connectivity index (χ4n) is 0.690. The van der Waals surface area contributed by atoms with E-state index in [1.54, 1.807) is 0 Å². The Balaban J connectivity index is 2.49. The van der Waals surface area contributed by atoms with Gasteiger partial charge in [-0.05, 0) is 11.4 Å². The highest BCUT2D eigenvalue weighted by Crippen LogP contribution is 2.21. The first-order chi connectivity index (χ1) is 6.20. The van der Waals surface area contributed by atoms with Crippen molar-refractivity contribution in [3.05, 3.63) is 21.3 Å². The van der Waals surface area contributed by atoms with Crippen LogP contribution in [0.25, 0.3) is 0 Å². The zero-order valence-corrected chi connectivity index (χ0v) is 8.63. The number of carbonyl (C=O) groups is 1. The highest BCUT2D eigenvalue weighted by molar-refractivity contribution is 7.14. The van der Waals surface area contributed by atoms with Crippen molar-refractivity contribution in [3.63, 3.8) is 0 Å². The van der Waals surface area contributed by atoms with Gasteiger partial charge in [0.15, 0.2) is 0 Å². The third kappa shape index (κ3) is 3.49. The van der Waals surface area contributed by atoms with Gasteiger partial charge in [-0.25, -0.2) is 0 Å². The summed E-state index contributed by atoms with van der Waals surface area (Å²) in [4.78, 5) is 10.5. The summed E-state index contributed by atoms with van der Waals surface area (Å²) < 4.78 is 0.690. The molecule has 0 aromatic carbocycles. The second-order valence-electron chi connectivity index (χ2n) is 2.32. The smallest absolute Gasteiger partial charge is 0.217 e. The van der Waals surface area contributed by atoms with E-state index < -0.39 is 0 Å².